The van der Waals surface area contributed by atoms with Crippen LogP contribution in [0.15, 0.2) is 11.6 Å². The highest BCUT2D eigenvalue weighted by Gasteiger charge is 2.40. The molecule has 0 radical (unpaired) electrons. The second-order valence-corrected chi connectivity index (χ2v) is 12.4. The Labute approximate surface area is 131 Å². The fraction of sp³-hybridized carbons (Fsp3) is 0.824. The van der Waals surface area contributed by atoms with Gasteiger partial charge in [0.15, 0.2) is 8.32 Å². The number of esters is 1. The predicted molar refractivity (Wildman–Crippen MR) is 89.8 cm³/mol. The maximum absolute atomic E-state index is 11.7. The highest BCUT2D eigenvalue weighted by Crippen LogP contribution is 2.40. The summed E-state index contributed by atoms with van der Waals surface area (Å²) in [6.07, 6.45) is 4.99. The molecule has 0 saturated heterocycles. The van der Waals surface area contributed by atoms with E-state index in [1.54, 1.807) is 6.08 Å². The molecule has 2 atom stereocenters. The molecule has 1 aliphatic carbocycles. The van der Waals surface area contributed by atoms with Gasteiger partial charge in [0.2, 0.25) is 0 Å². The van der Waals surface area contributed by atoms with Gasteiger partial charge < -0.3 is 9.16 Å². The lowest BCUT2D eigenvalue weighted by atomic mass is 9.84. The zero-order valence-electron chi connectivity index (χ0n) is 14.8. The van der Waals surface area contributed by atoms with Crippen LogP contribution in [0, 0.1) is 5.92 Å². The average molecular weight is 313 g/mol. The van der Waals surface area contributed by atoms with E-state index in [1.165, 1.54) is 5.57 Å². The van der Waals surface area contributed by atoms with Crippen molar-refractivity contribution in [1.29, 1.82) is 0 Å². The van der Waals surface area contributed by atoms with Crippen molar-refractivity contribution in [3.05, 3.63) is 11.6 Å². The third-order valence-corrected chi connectivity index (χ3v) is 9.41. The summed E-state index contributed by atoms with van der Waals surface area (Å²) in [5.41, 5.74) is 1.18. The third-order valence-electron chi connectivity index (χ3n) is 4.88. The van der Waals surface area contributed by atoms with E-state index in [1.807, 2.05) is 6.92 Å². The number of hydrogen-bond acceptors (Lipinski definition) is 3. The molecular weight excluding hydrogens is 280 g/mol. The van der Waals surface area contributed by atoms with E-state index in [2.05, 4.69) is 40.8 Å². The Hall–Kier alpha value is -0.613. The summed E-state index contributed by atoms with van der Waals surface area (Å²) in [4.78, 5) is 11.7. The number of ether oxygens (including phenoxy) is 1. The predicted octanol–water partition coefficient (Wildman–Crippen LogP) is 4.69. The van der Waals surface area contributed by atoms with Gasteiger partial charge in [0.1, 0.15) is 0 Å². The van der Waals surface area contributed by atoms with Gasteiger partial charge in [-0.3, -0.25) is 0 Å². The molecule has 0 spiro atoms. The van der Waals surface area contributed by atoms with Crippen molar-refractivity contribution in [2.75, 3.05) is 6.61 Å². The van der Waals surface area contributed by atoms with Crippen LogP contribution in [-0.4, -0.2) is 27.0 Å². The standard InChI is InChI=1S/C17H32O3Si/c1-8-19-16(18)12-14-11-15(10-9-13(14)2)20-21(6,7)17(3,4)5/h12-13,15H,8-11H2,1-7H3/b14-12+/t13-,15-/m0/s1. The lowest BCUT2D eigenvalue weighted by molar-refractivity contribution is -0.137. The molecule has 0 aliphatic heterocycles. The normalized spacial score (nSPS) is 26.0. The van der Waals surface area contributed by atoms with Gasteiger partial charge in [-0.25, -0.2) is 4.79 Å². The summed E-state index contributed by atoms with van der Waals surface area (Å²) in [5.74, 6) is 0.237. The Morgan fingerprint density at radius 2 is 1.95 bits per heavy atom. The van der Waals surface area contributed by atoms with Crippen LogP contribution in [-0.2, 0) is 14.0 Å². The zero-order chi connectivity index (χ0) is 16.3. The van der Waals surface area contributed by atoms with E-state index in [4.69, 9.17) is 9.16 Å². The zero-order valence-corrected chi connectivity index (χ0v) is 15.8. The van der Waals surface area contributed by atoms with Gasteiger partial charge >= 0.3 is 5.97 Å². The Balaban J connectivity index is 2.74. The molecule has 0 aromatic rings. The van der Waals surface area contributed by atoms with Crippen molar-refractivity contribution in [3.63, 3.8) is 0 Å². The second-order valence-electron chi connectivity index (χ2n) is 7.65. The Bertz CT molecular complexity index is 393. The second kappa shape index (κ2) is 7.10. The Morgan fingerprint density at radius 1 is 1.33 bits per heavy atom. The number of carbonyl (C=O) groups is 1. The van der Waals surface area contributed by atoms with Crippen LogP contribution in [0.25, 0.3) is 0 Å². The van der Waals surface area contributed by atoms with Gasteiger partial charge in [-0.05, 0) is 50.2 Å². The number of rotatable bonds is 4. The fourth-order valence-electron chi connectivity index (χ4n) is 2.42. The van der Waals surface area contributed by atoms with Gasteiger partial charge in [0.25, 0.3) is 0 Å². The van der Waals surface area contributed by atoms with E-state index in [-0.39, 0.29) is 17.1 Å². The quantitative estimate of drug-likeness (QED) is 0.429. The van der Waals surface area contributed by atoms with E-state index >= 15 is 0 Å². The lowest BCUT2D eigenvalue weighted by Gasteiger charge is -2.41. The summed E-state index contributed by atoms with van der Waals surface area (Å²) in [6.45, 7) is 15.8. The monoisotopic (exact) mass is 312 g/mol. The minimum Gasteiger partial charge on any atom is -0.463 e. The molecule has 0 unspecified atom stereocenters. The summed E-state index contributed by atoms with van der Waals surface area (Å²) in [6, 6.07) is 0. The topological polar surface area (TPSA) is 35.5 Å². The summed E-state index contributed by atoms with van der Waals surface area (Å²) in [5, 5.41) is 0.223. The maximum Gasteiger partial charge on any atom is 0.330 e. The van der Waals surface area contributed by atoms with Crippen LogP contribution in [0.3, 0.4) is 0 Å². The molecule has 0 amide bonds. The van der Waals surface area contributed by atoms with Gasteiger partial charge in [-0.15, -0.1) is 0 Å². The van der Waals surface area contributed by atoms with Crippen LogP contribution >= 0.6 is 0 Å². The van der Waals surface area contributed by atoms with Crippen molar-refractivity contribution < 1.29 is 14.0 Å². The van der Waals surface area contributed by atoms with E-state index in [9.17, 15) is 4.79 Å². The van der Waals surface area contributed by atoms with Crippen LogP contribution in [0.5, 0.6) is 0 Å². The fourth-order valence-corrected chi connectivity index (χ4v) is 3.81. The van der Waals surface area contributed by atoms with E-state index in [0.29, 0.717) is 12.5 Å². The molecule has 122 valence electrons. The van der Waals surface area contributed by atoms with Crippen molar-refractivity contribution in [2.45, 2.75) is 78.1 Å². The van der Waals surface area contributed by atoms with Crippen LogP contribution in [0.2, 0.25) is 18.1 Å². The molecule has 1 fully saturated rings. The third kappa shape index (κ3) is 5.26. The SMILES string of the molecule is CCOC(=O)/C=C1\C[C@@H](O[Si](C)(C)C(C)(C)C)CC[C@@H]1C. The van der Waals surface area contributed by atoms with Crippen LogP contribution in [0.4, 0.5) is 0 Å². The molecule has 0 heterocycles. The van der Waals surface area contributed by atoms with Crippen LogP contribution in [0.1, 0.15) is 53.9 Å². The highest BCUT2D eigenvalue weighted by molar-refractivity contribution is 6.74. The number of carbonyl (C=O) groups excluding carboxylic acids is 1. The smallest absolute Gasteiger partial charge is 0.330 e. The van der Waals surface area contributed by atoms with Gasteiger partial charge in [-0.1, -0.05) is 33.3 Å². The molecule has 0 N–H and O–H groups in total. The van der Waals surface area contributed by atoms with Crippen molar-refractivity contribution in [3.8, 4) is 0 Å². The minimum atomic E-state index is -1.74. The average Bonchev–Trinajstić information content (AvgIpc) is 2.32. The molecule has 3 nitrogen and oxygen atoms in total. The first kappa shape index (κ1) is 18.4. The first-order valence-corrected chi connectivity index (χ1v) is 11.0. The first-order valence-electron chi connectivity index (χ1n) is 8.12. The largest absolute Gasteiger partial charge is 0.463 e. The van der Waals surface area contributed by atoms with Gasteiger partial charge in [0.05, 0.1) is 6.61 Å². The molecule has 21 heavy (non-hydrogen) atoms. The molecule has 0 aromatic carbocycles. The Morgan fingerprint density at radius 3 is 2.48 bits per heavy atom. The summed E-state index contributed by atoms with van der Waals surface area (Å²) in [7, 11) is -1.74. The summed E-state index contributed by atoms with van der Waals surface area (Å²) >= 11 is 0. The maximum atomic E-state index is 11.7. The van der Waals surface area contributed by atoms with Crippen molar-refractivity contribution in [2.24, 2.45) is 5.92 Å². The molecular formula is C17H32O3Si. The van der Waals surface area contributed by atoms with Crippen molar-refractivity contribution >= 4 is 14.3 Å². The minimum absolute atomic E-state index is 0.215. The lowest BCUT2D eigenvalue weighted by Crippen LogP contribution is -2.44. The van der Waals surface area contributed by atoms with Gasteiger partial charge in [-0.2, -0.15) is 0 Å². The summed E-state index contributed by atoms with van der Waals surface area (Å²) < 4.78 is 11.5. The molecule has 1 rings (SSSR count). The molecule has 0 bridgehead atoms. The Kier molecular flexibility index (Phi) is 6.23. The van der Waals surface area contributed by atoms with E-state index < -0.39 is 8.32 Å². The first-order chi connectivity index (χ1) is 9.56. The molecule has 1 saturated carbocycles. The molecule has 0 aromatic heterocycles. The highest BCUT2D eigenvalue weighted by atomic mass is 28.4. The number of hydrogen-bond donors (Lipinski definition) is 0. The van der Waals surface area contributed by atoms with E-state index in [0.717, 1.165) is 19.3 Å². The van der Waals surface area contributed by atoms with Gasteiger partial charge in [0, 0.05) is 12.2 Å². The molecule has 4 heteroatoms. The van der Waals surface area contributed by atoms with Crippen LogP contribution < -0.4 is 0 Å². The van der Waals surface area contributed by atoms with Crippen molar-refractivity contribution in [1.82, 2.24) is 0 Å². The molecule has 1 aliphatic rings.